The Bertz CT molecular complexity index is 1860. The largest absolute Gasteiger partial charge is 0.0648 e. The molecule has 0 bridgehead atoms. The summed E-state index contributed by atoms with van der Waals surface area (Å²) in [6, 6.07) is 48.6. The van der Waals surface area contributed by atoms with E-state index in [1.54, 1.807) is 0 Å². The Labute approximate surface area is 216 Å². The number of hydrogen-bond acceptors (Lipinski definition) is 0. The first kappa shape index (κ1) is 19.7. The molecule has 3 aliphatic rings. The quantitative estimate of drug-likeness (QED) is 0.209. The topological polar surface area (TPSA) is 0 Å². The molecule has 172 valence electrons. The molecule has 0 nitrogen and oxygen atoms in total. The highest BCUT2D eigenvalue weighted by molar-refractivity contribution is 6.05. The van der Waals surface area contributed by atoms with Crippen LogP contribution in [0.4, 0.5) is 0 Å². The number of benzene rings is 6. The Balaban J connectivity index is 1.68. The van der Waals surface area contributed by atoms with Crippen LogP contribution in [0, 0.1) is 6.92 Å². The summed E-state index contributed by atoms with van der Waals surface area (Å²) in [4.78, 5) is 0. The van der Waals surface area contributed by atoms with Crippen LogP contribution in [0.15, 0.2) is 127 Å². The molecule has 0 heteroatoms. The van der Waals surface area contributed by atoms with E-state index in [0.717, 1.165) is 0 Å². The van der Waals surface area contributed by atoms with Gasteiger partial charge in [-0.25, -0.2) is 0 Å². The molecule has 6 aromatic carbocycles. The Kier molecular flexibility index (Phi) is 3.45. The zero-order valence-corrected chi connectivity index (χ0v) is 20.6. The lowest BCUT2D eigenvalue weighted by atomic mass is 9.43. The molecule has 0 amide bonds. The summed E-state index contributed by atoms with van der Waals surface area (Å²) < 4.78 is 0. The van der Waals surface area contributed by atoms with Crippen molar-refractivity contribution in [3.05, 3.63) is 166 Å². The van der Waals surface area contributed by atoms with Gasteiger partial charge in [0.2, 0.25) is 0 Å². The lowest BCUT2D eigenvalue weighted by molar-refractivity contribution is 0.432. The van der Waals surface area contributed by atoms with Crippen molar-refractivity contribution in [2.45, 2.75) is 17.8 Å². The molecule has 0 saturated heterocycles. The molecule has 0 unspecified atom stereocenters. The van der Waals surface area contributed by atoms with Gasteiger partial charge in [-0.2, -0.15) is 0 Å². The van der Waals surface area contributed by atoms with Crippen molar-refractivity contribution in [1.82, 2.24) is 0 Å². The van der Waals surface area contributed by atoms with Crippen LogP contribution in [0.5, 0.6) is 0 Å². The molecule has 9 rings (SSSR count). The molecule has 3 aliphatic carbocycles. The smallest absolute Gasteiger partial charge is 0.0619 e. The highest BCUT2D eigenvalue weighted by Crippen LogP contribution is 2.73. The average Bonchev–Trinajstić information content (AvgIpc) is 3.23. The molecule has 0 saturated carbocycles. The summed E-state index contributed by atoms with van der Waals surface area (Å²) >= 11 is 0. The highest BCUT2D eigenvalue weighted by Gasteiger charge is 2.67. The lowest BCUT2D eigenvalue weighted by Crippen LogP contribution is -2.54. The van der Waals surface area contributed by atoms with Gasteiger partial charge in [0.1, 0.15) is 0 Å². The van der Waals surface area contributed by atoms with Gasteiger partial charge in [-0.3, -0.25) is 0 Å². The average molecular weight is 469 g/mol. The van der Waals surface area contributed by atoms with Gasteiger partial charge in [0.25, 0.3) is 0 Å². The number of aryl methyl sites for hydroxylation is 1. The van der Waals surface area contributed by atoms with Crippen molar-refractivity contribution in [2.75, 3.05) is 0 Å². The molecule has 0 atom stereocenters. The van der Waals surface area contributed by atoms with Crippen LogP contribution in [0.2, 0.25) is 0 Å². The van der Waals surface area contributed by atoms with Gasteiger partial charge in [0.05, 0.1) is 10.8 Å². The van der Waals surface area contributed by atoms with Crippen LogP contribution < -0.4 is 0 Å². The Morgan fingerprint density at radius 1 is 0.378 bits per heavy atom. The monoisotopic (exact) mass is 468 g/mol. The molecular formula is C37H24. The van der Waals surface area contributed by atoms with E-state index < -0.39 is 0 Å². The molecule has 6 aromatic rings. The van der Waals surface area contributed by atoms with Gasteiger partial charge in [0.15, 0.2) is 0 Å². The fraction of sp³-hybridized carbons (Fsp3) is 0.0811. The summed E-state index contributed by atoms with van der Waals surface area (Å²) in [5.41, 5.74) is 14.5. The van der Waals surface area contributed by atoms with Crippen LogP contribution in [-0.4, -0.2) is 0 Å². The first-order valence-electron chi connectivity index (χ1n) is 13.2. The van der Waals surface area contributed by atoms with Crippen molar-refractivity contribution >= 4 is 10.8 Å². The van der Waals surface area contributed by atoms with Crippen molar-refractivity contribution in [1.29, 1.82) is 0 Å². The van der Waals surface area contributed by atoms with Crippen LogP contribution in [-0.2, 0) is 10.8 Å². The number of hydrogen-bond donors (Lipinski definition) is 0. The van der Waals surface area contributed by atoms with Crippen molar-refractivity contribution in [2.24, 2.45) is 0 Å². The van der Waals surface area contributed by atoms with Gasteiger partial charge >= 0.3 is 0 Å². The minimum atomic E-state index is -0.364. The fourth-order valence-electron chi connectivity index (χ4n) is 8.45. The van der Waals surface area contributed by atoms with E-state index in [4.69, 9.17) is 0 Å². The Morgan fingerprint density at radius 2 is 0.784 bits per heavy atom. The van der Waals surface area contributed by atoms with Crippen LogP contribution in [0.3, 0.4) is 0 Å². The molecule has 0 N–H and O–H groups in total. The molecule has 0 aromatic heterocycles. The van der Waals surface area contributed by atoms with E-state index in [-0.39, 0.29) is 10.8 Å². The predicted octanol–water partition coefficient (Wildman–Crippen LogP) is 8.79. The number of fused-ring (bicyclic) bond motifs is 6. The van der Waals surface area contributed by atoms with Crippen LogP contribution in [0.1, 0.15) is 38.9 Å². The maximum Gasteiger partial charge on any atom is 0.0648 e. The zero-order chi connectivity index (χ0) is 24.4. The third-order valence-electron chi connectivity index (χ3n) is 9.40. The Morgan fingerprint density at radius 3 is 1.27 bits per heavy atom. The third-order valence-corrected chi connectivity index (χ3v) is 9.40. The van der Waals surface area contributed by atoms with E-state index >= 15 is 0 Å². The summed E-state index contributed by atoms with van der Waals surface area (Å²) in [6.07, 6.45) is 0. The van der Waals surface area contributed by atoms with Crippen molar-refractivity contribution in [3.8, 4) is 22.3 Å². The van der Waals surface area contributed by atoms with E-state index in [2.05, 4.69) is 134 Å². The van der Waals surface area contributed by atoms with E-state index in [1.807, 2.05) is 0 Å². The second-order valence-electron chi connectivity index (χ2n) is 10.9. The van der Waals surface area contributed by atoms with E-state index in [1.165, 1.54) is 72.0 Å². The summed E-state index contributed by atoms with van der Waals surface area (Å²) in [6.45, 7) is 2.25. The fourth-order valence-corrected chi connectivity index (χ4v) is 8.45. The van der Waals surface area contributed by atoms with E-state index in [9.17, 15) is 0 Å². The van der Waals surface area contributed by atoms with E-state index in [0.29, 0.717) is 0 Å². The zero-order valence-electron chi connectivity index (χ0n) is 20.6. The summed E-state index contributed by atoms with van der Waals surface area (Å²) in [5.74, 6) is 0. The second kappa shape index (κ2) is 6.47. The second-order valence-corrected chi connectivity index (χ2v) is 10.9. The highest BCUT2D eigenvalue weighted by atomic mass is 14.7. The first-order chi connectivity index (χ1) is 18.3. The van der Waals surface area contributed by atoms with Gasteiger partial charge in [-0.15, -0.1) is 0 Å². The lowest BCUT2D eigenvalue weighted by Gasteiger charge is -2.56. The minimum Gasteiger partial charge on any atom is -0.0619 e. The molecule has 0 heterocycles. The number of rotatable bonds is 0. The summed E-state index contributed by atoms with van der Waals surface area (Å²) in [5, 5.41) is 2.76. The Hall–Kier alpha value is -4.42. The SMILES string of the molecule is Cc1cc2c3c(cccc3c1)C13c4ccccc4-c4ccccc4C21c1ccccc1-c1ccccc13. The van der Waals surface area contributed by atoms with Gasteiger partial charge < -0.3 is 0 Å². The predicted molar refractivity (Wildman–Crippen MR) is 152 cm³/mol. The maximum atomic E-state index is 2.49. The minimum absolute atomic E-state index is 0.363. The van der Waals surface area contributed by atoms with Crippen LogP contribution >= 0.6 is 0 Å². The molecule has 37 heavy (non-hydrogen) atoms. The molecule has 0 fully saturated rings. The molecular weight excluding hydrogens is 444 g/mol. The van der Waals surface area contributed by atoms with Gasteiger partial charge in [-0.1, -0.05) is 133 Å². The third kappa shape index (κ3) is 1.97. The first-order valence-corrected chi connectivity index (χ1v) is 13.2. The normalized spacial score (nSPS) is 21.3. The van der Waals surface area contributed by atoms with Crippen LogP contribution in [0.25, 0.3) is 33.0 Å². The molecule has 0 aliphatic heterocycles. The molecule has 0 spiro atoms. The van der Waals surface area contributed by atoms with Gasteiger partial charge in [0, 0.05) is 0 Å². The standard InChI is InChI=1S/C37H24/c1-23-21-24-11-10-20-33-35(24)34(22-23)37-31-18-8-4-14-27(31)25-12-2-6-16-29(25)36(33,37)30-17-7-3-13-26(30)28-15-5-9-19-32(28)37/h2-22H,1H3. The maximum absolute atomic E-state index is 2.49. The molecule has 0 radical (unpaired) electrons. The van der Waals surface area contributed by atoms with Gasteiger partial charge in [-0.05, 0) is 73.3 Å². The summed E-state index contributed by atoms with van der Waals surface area (Å²) in [7, 11) is 0. The van der Waals surface area contributed by atoms with Crippen molar-refractivity contribution in [3.63, 3.8) is 0 Å². The van der Waals surface area contributed by atoms with Crippen molar-refractivity contribution < 1.29 is 0 Å².